The summed E-state index contributed by atoms with van der Waals surface area (Å²) >= 11 is 3.64. The Hall–Kier alpha value is -1.03. The average molecular weight is 339 g/mol. The lowest BCUT2D eigenvalue weighted by Crippen LogP contribution is -2.49. The van der Waals surface area contributed by atoms with Crippen molar-refractivity contribution in [3.8, 4) is 0 Å². The molecule has 1 fully saturated rings. The molecule has 4 heteroatoms. The van der Waals surface area contributed by atoms with Gasteiger partial charge in [-0.3, -0.25) is 4.90 Å². The standard InChI is InChI=1S/C16H23BrN2O/c1-4-12-10-14(17)15(11-13(12)5-2)19-9-7-8-18(6-3)16(19)20/h10-11H,4-9H2,1-3H3. The molecule has 0 atom stereocenters. The van der Waals surface area contributed by atoms with Gasteiger partial charge in [-0.25, -0.2) is 4.79 Å². The fourth-order valence-electron chi connectivity index (χ4n) is 2.81. The summed E-state index contributed by atoms with van der Waals surface area (Å²) in [7, 11) is 0. The van der Waals surface area contributed by atoms with E-state index in [0.29, 0.717) is 0 Å². The summed E-state index contributed by atoms with van der Waals surface area (Å²) in [6.45, 7) is 8.84. The molecule has 1 aliphatic rings. The molecular formula is C16H23BrN2O. The average Bonchev–Trinajstić information content (AvgIpc) is 2.47. The van der Waals surface area contributed by atoms with Gasteiger partial charge in [-0.1, -0.05) is 13.8 Å². The number of hydrogen-bond donors (Lipinski definition) is 0. The Morgan fingerprint density at radius 2 is 1.75 bits per heavy atom. The van der Waals surface area contributed by atoms with E-state index in [2.05, 4.69) is 41.9 Å². The van der Waals surface area contributed by atoms with Crippen molar-refractivity contribution in [1.82, 2.24) is 4.90 Å². The van der Waals surface area contributed by atoms with Crippen molar-refractivity contribution in [3.05, 3.63) is 27.7 Å². The second-order valence-corrected chi connectivity index (χ2v) is 6.00. The number of rotatable bonds is 4. The summed E-state index contributed by atoms with van der Waals surface area (Å²) in [5, 5.41) is 0. The first-order valence-electron chi connectivity index (χ1n) is 7.50. The highest BCUT2D eigenvalue weighted by atomic mass is 79.9. The molecule has 0 N–H and O–H groups in total. The van der Waals surface area contributed by atoms with Crippen LogP contribution in [0.2, 0.25) is 0 Å². The van der Waals surface area contributed by atoms with Gasteiger partial charge in [-0.15, -0.1) is 0 Å². The van der Waals surface area contributed by atoms with Crippen LogP contribution in [-0.4, -0.2) is 30.6 Å². The van der Waals surface area contributed by atoms with Crippen molar-refractivity contribution >= 4 is 27.6 Å². The van der Waals surface area contributed by atoms with Crippen LogP contribution in [0.5, 0.6) is 0 Å². The van der Waals surface area contributed by atoms with Gasteiger partial charge in [0.05, 0.1) is 5.69 Å². The van der Waals surface area contributed by atoms with E-state index >= 15 is 0 Å². The van der Waals surface area contributed by atoms with E-state index in [1.807, 2.05) is 16.7 Å². The number of nitrogens with zero attached hydrogens (tertiary/aromatic N) is 2. The molecule has 3 nitrogen and oxygen atoms in total. The number of anilines is 1. The maximum absolute atomic E-state index is 12.5. The molecule has 1 saturated heterocycles. The van der Waals surface area contributed by atoms with Gasteiger partial charge in [0.15, 0.2) is 0 Å². The summed E-state index contributed by atoms with van der Waals surface area (Å²) in [5.41, 5.74) is 3.72. The van der Waals surface area contributed by atoms with Crippen LogP contribution in [-0.2, 0) is 12.8 Å². The van der Waals surface area contributed by atoms with Gasteiger partial charge >= 0.3 is 6.03 Å². The third-order valence-electron chi connectivity index (χ3n) is 4.01. The number of carbonyl (C=O) groups is 1. The molecule has 0 bridgehead atoms. The molecular weight excluding hydrogens is 316 g/mol. The van der Waals surface area contributed by atoms with Crippen LogP contribution in [0, 0.1) is 0 Å². The van der Waals surface area contributed by atoms with Crippen molar-refractivity contribution in [2.45, 2.75) is 40.0 Å². The lowest BCUT2D eigenvalue weighted by molar-refractivity contribution is 0.198. The van der Waals surface area contributed by atoms with Crippen molar-refractivity contribution in [2.24, 2.45) is 0 Å². The first kappa shape index (κ1) is 15.4. The first-order chi connectivity index (χ1) is 9.62. The van der Waals surface area contributed by atoms with Crippen molar-refractivity contribution in [2.75, 3.05) is 24.5 Å². The third kappa shape index (κ3) is 2.85. The molecule has 0 saturated carbocycles. The van der Waals surface area contributed by atoms with Gasteiger partial charge in [-0.05, 0) is 65.4 Å². The molecule has 1 aromatic carbocycles. The van der Waals surface area contributed by atoms with Gasteiger partial charge in [0, 0.05) is 24.1 Å². The second-order valence-electron chi connectivity index (χ2n) is 5.15. The predicted molar refractivity (Wildman–Crippen MR) is 87.5 cm³/mol. The highest BCUT2D eigenvalue weighted by Gasteiger charge is 2.27. The first-order valence-corrected chi connectivity index (χ1v) is 8.29. The van der Waals surface area contributed by atoms with Crippen LogP contribution < -0.4 is 4.90 Å². The highest BCUT2D eigenvalue weighted by molar-refractivity contribution is 9.10. The monoisotopic (exact) mass is 338 g/mol. The van der Waals surface area contributed by atoms with E-state index in [-0.39, 0.29) is 6.03 Å². The predicted octanol–water partition coefficient (Wildman–Crippen LogP) is 4.23. The Kier molecular flexibility index (Phi) is 5.08. The lowest BCUT2D eigenvalue weighted by atomic mass is 10.0. The van der Waals surface area contributed by atoms with E-state index < -0.39 is 0 Å². The minimum atomic E-state index is 0.130. The van der Waals surface area contributed by atoms with Gasteiger partial charge in [0.25, 0.3) is 0 Å². The third-order valence-corrected chi connectivity index (χ3v) is 4.65. The summed E-state index contributed by atoms with van der Waals surface area (Å²) in [4.78, 5) is 16.3. The summed E-state index contributed by atoms with van der Waals surface area (Å²) in [6.07, 6.45) is 3.06. The fourth-order valence-corrected chi connectivity index (χ4v) is 3.41. The van der Waals surface area contributed by atoms with Crippen LogP contribution in [0.25, 0.3) is 0 Å². The quantitative estimate of drug-likeness (QED) is 0.805. The SMILES string of the molecule is CCc1cc(Br)c(N2CCCN(CC)C2=O)cc1CC. The minimum Gasteiger partial charge on any atom is -0.325 e. The van der Waals surface area contributed by atoms with Crippen LogP contribution in [0.1, 0.15) is 38.3 Å². The Bertz CT molecular complexity index is 501. The Labute approximate surface area is 130 Å². The number of urea groups is 1. The Balaban J connectivity index is 2.39. The highest BCUT2D eigenvalue weighted by Crippen LogP contribution is 2.32. The molecule has 110 valence electrons. The minimum absolute atomic E-state index is 0.130. The number of carbonyl (C=O) groups excluding carboxylic acids is 1. The van der Waals surface area contributed by atoms with Crippen LogP contribution >= 0.6 is 15.9 Å². The summed E-state index contributed by atoms with van der Waals surface area (Å²) < 4.78 is 1.03. The Morgan fingerprint density at radius 1 is 1.10 bits per heavy atom. The lowest BCUT2D eigenvalue weighted by Gasteiger charge is -2.35. The number of aryl methyl sites for hydroxylation is 2. The van der Waals surface area contributed by atoms with E-state index in [0.717, 1.165) is 49.1 Å². The van der Waals surface area contributed by atoms with E-state index in [1.54, 1.807) is 0 Å². The van der Waals surface area contributed by atoms with Gasteiger partial charge in [-0.2, -0.15) is 0 Å². The molecule has 1 aliphatic heterocycles. The fraction of sp³-hybridized carbons (Fsp3) is 0.562. The molecule has 2 rings (SSSR count). The van der Waals surface area contributed by atoms with Gasteiger partial charge in [0.1, 0.15) is 0 Å². The smallest absolute Gasteiger partial charge is 0.324 e. The van der Waals surface area contributed by atoms with Crippen LogP contribution in [0.4, 0.5) is 10.5 Å². The molecule has 2 amide bonds. The number of halogens is 1. The summed E-state index contributed by atoms with van der Waals surface area (Å²) in [5.74, 6) is 0. The molecule has 1 heterocycles. The molecule has 0 aromatic heterocycles. The van der Waals surface area contributed by atoms with Crippen molar-refractivity contribution in [3.63, 3.8) is 0 Å². The van der Waals surface area contributed by atoms with Gasteiger partial charge in [0.2, 0.25) is 0 Å². The molecule has 0 radical (unpaired) electrons. The second kappa shape index (κ2) is 6.61. The Morgan fingerprint density at radius 3 is 2.35 bits per heavy atom. The van der Waals surface area contributed by atoms with Crippen molar-refractivity contribution < 1.29 is 4.79 Å². The zero-order chi connectivity index (χ0) is 14.7. The molecule has 0 unspecified atom stereocenters. The van der Waals surface area contributed by atoms with E-state index in [4.69, 9.17) is 0 Å². The van der Waals surface area contributed by atoms with Crippen molar-refractivity contribution in [1.29, 1.82) is 0 Å². The number of hydrogen-bond acceptors (Lipinski definition) is 1. The van der Waals surface area contributed by atoms with E-state index in [1.165, 1.54) is 11.1 Å². The van der Waals surface area contributed by atoms with E-state index in [9.17, 15) is 4.79 Å². The molecule has 0 spiro atoms. The molecule has 0 aliphatic carbocycles. The topological polar surface area (TPSA) is 23.6 Å². The maximum atomic E-state index is 12.5. The largest absolute Gasteiger partial charge is 0.325 e. The maximum Gasteiger partial charge on any atom is 0.324 e. The number of amides is 2. The molecule has 20 heavy (non-hydrogen) atoms. The zero-order valence-corrected chi connectivity index (χ0v) is 14.2. The normalized spacial score (nSPS) is 15.9. The zero-order valence-electron chi connectivity index (χ0n) is 12.6. The van der Waals surface area contributed by atoms with Crippen LogP contribution in [0.15, 0.2) is 16.6 Å². The molecule has 1 aromatic rings. The number of benzene rings is 1. The van der Waals surface area contributed by atoms with Crippen LogP contribution in [0.3, 0.4) is 0 Å². The summed E-state index contributed by atoms with van der Waals surface area (Å²) in [6, 6.07) is 4.48. The van der Waals surface area contributed by atoms with Gasteiger partial charge < -0.3 is 4.90 Å².